The van der Waals surface area contributed by atoms with Crippen molar-refractivity contribution in [1.29, 1.82) is 0 Å². The highest BCUT2D eigenvalue weighted by Crippen LogP contribution is 2.38. The summed E-state index contributed by atoms with van der Waals surface area (Å²) in [4.78, 5) is 22.3. The van der Waals surface area contributed by atoms with Crippen LogP contribution in [0.5, 0.6) is 0 Å². The molecule has 1 unspecified atom stereocenters. The van der Waals surface area contributed by atoms with E-state index in [1.54, 1.807) is 11.8 Å². The minimum Gasteiger partial charge on any atom is -0.382 e. The van der Waals surface area contributed by atoms with Gasteiger partial charge in [-0.05, 0) is 24.1 Å². The first kappa shape index (κ1) is 17.0. The third-order valence-corrected chi connectivity index (χ3v) is 5.21. The Morgan fingerprint density at radius 1 is 1.38 bits per heavy atom. The van der Waals surface area contributed by atoms with E-state index in [0.717, 1.165) is 28.5 Å². The van der Waals surface area contributed by atoms with Crippen molar-refractivity contribution in [2.24, 2.45) is 0 Å². The number of hydrogen-bond donors (Lipinski definition) is 2. The lowest BCUT2D eigenvalue weighted by Gasteiger charge is -2.22. The largest absolute Gasteiger partial charge is 0.382 e. The topological polar surface area (TPSA) is 84.1 Å². The number of halogens is 1. The predicted octanol–water partition coefficient (Wildman–Crippen LogP) is 3.28. The minimum atomic E-state index is -0.494. The molecule has 1 aliphatic rings. The van der Waals surface area contributed by atoms with Crippen LogP contribution in [-0.4, -0.2) is 28.2 Å². The maximum atomic E-state index is 11.5. The number of carbonyl (C=O) groups excluding carboxylic acids is 1. The number of carbonyl (C=O) groups is 1. The highest BCUT2D eigenvalue weighted by Gasteiger charge is 2.32. The zero-order chi connectivity index (χ0) is 17.1. The maximum Gasteiger partial charge on any atom is 0.191 e. The number of aromatic nitrogens is 2. The molecule has 0 fully saturated rings. The van der Waals surface area contributed by atoms with Crippen LogP contribution in [0, 0.1) is 0 Å². The highest BCUT2D eigenvalue weighted by atomic mass is 79.9. The van der Waals surface area contributed by atoms with Gasteiger partial charge in [-0.1, -0.05) is 46.7 Å². The molecule has 1 aliphatic heterocycles. The Morgan fingerprint density at radius 3 is 2.79 bits per heavy atom. The van der Waals surface area contributed by atoms with E-state index in [4.69, 9.17) is 5.73 Å². The molecule has 6 nitrogen and oxygen atoms in total. The fourth-order valence-electron chi connectivity index (χ4n) is 2.47. The number of thioether (sulfide) groups is 1. The summed E-state index contributed by atoms with van der Waals surface area (Å²) in [7, 11) is 0. The highest BCUT2D eigenvalue weighted by molar-refractivity contribution is 9.10. The van der Waals surface area contributed by atoms with Gasteiger partial charge in [-0.15, -0.1) is 0 Å². The predicted molar refractivity (Wildman–Crippen MR) is 101 cm³/mol. The van der Waals surface area contributed by atoms with Crippen molar-refractivity contribution in [3.8, 4) is 0 Å². The number of anilines is 3. The fraction of sp³-hybridized carbons (Fsp3) is 0.312. The van der Waals surface area contributed by atoms with Crippen LogP contribution in [0.3, 0.4) is 0 Å². The number of hydrogen-bond acceptors (Lipinski definition) is 7. The van der Waals surface area contributed by atoms with Crippen molar-refractivity contribution in [2.45, 2.75) is 31.2 Å². The van der Waals surface area contributed by atoms with Gasteiger partial charge in [0.05, 0.1) is 0 Å². The summed E-state index contributed by atoms with van der Waals surface area (Å²) < 4.78 is 1.02. The smallest absolute Gasteiger partial charge is 0.191 e. The lowest BCUT2D eigenvalue weighted by atomic mass is 10.2. The molecule has 1 atom stereocenters. The van der Waals surface area contributed by atoms with Gasteiger partial charge < -0.3 is 16.0 Å². The molecule has 0 spiro atoms. The van der Waals surface area contributed by atoms with Crippen LogP contribution < -0.4 is 16.0 Å². The molecule has 24 heavy (non-hydrogen) atoms. The number of benzene rings is 1. The van der Waals surface area contributed by atoms with Gasteiger partial charge in [-0.3, -0.25) is 4.79 Å². The molecule has 0 bridgehead atoms. The molecule has 0 radical (unpaired) electrons. The monoisotopic (exact) mass is 407 g/mol. The molecule has 126 valence electrons. The van der Waals surface area contributed by atoms with E-state index in [9.17, 15) is 4.79 Å². The maximum absolute atomic E-state index is 11.5. The van der Waals surface area contributed by atoms with E-state index >= 15 is 0 Å². The summed E-state index contributed by atoms with van der Waals surface area (Å²) >= 11 is 5.00. The van der Waals surface area contributed by atoms with Crippen LogP contribution >= 0.6 is 27.7 Å². The second kappa shape index (κ2) is 7.40. The van der Waals surface area contributed by atoms with Gasteiger partial charge in [-0.2, -0.15) is 0 Å². The lowest BCUT2D eigenvalue weighted by molar-refractivity contribution is -0.108. The standard InChI is InChI=1S/C16H18BrN5OS/c1-2-7-24-16-20-14(18)13-15(21-16)22(12(9-23)19-13)8-10-3-5-11(17)6-4-10/h3-6,9,12,19H,2,7-8H2,1H3,(H2,18,20,21). The van der Waals surface area contributed by atoms with Crippen LogP contribution in [0.4, 0.5) is 17.3 Å². The fourth-order valence-corrected chi connectivity index (χ4v) is 3.44. The van der Waals surface area contributed by atoms with Crippen LogP contribution in [-0.2, 0) is 11.3 Å². The molecule has 2 aromatic rings. The number of nitrogens with one attached hydrogen (secondary N) is 1. The number of rotatable bonds is 6. The van der Waals surface area contributed by atoms with Gasteiger partial charge in [0.25, 0.3) is 0 Å². The Kier molecular flexibility index (Phi) is 5.25. The Bertz CT molecular complexity index is 740. The van der Waals surface area contributed by atoms with E-state index in [0.29, 0.717) is 29.0 Å². The third kappa shape index (κ3) is 3.49. The second-order valence-corrected chi connectivity index (χ2v) is 7.40. The molecule has 0 saturated heterocycles. The molecular formula is C16H18BrN5OS. The normalized spacial score (nSPS) is 15.9. The van der Waals surface area contributed by atoms with Crippen LogP contribution in [0.2, 0.25) is 0 Å². The molecule has 1 aromatic carbocycles. The summed E-state index contributed by atoms with van der Waals surface area (Å²) in [5.74, 6) is 1.99. The van der Waals surface area contributed by atoms with E-state index in [-0.39, 0.29) is 0 Å². The molecule has 2 heterocycles. The molecule has 1 aromatic heterocycles. The van der Waals surface area contributed by atoms with Crippen molar-refractivity contribution < 1.29 is 4.79 Å². The van der Waals surface area contributed by atoms with Gasteiger partial charge in [0, 0.05) is 16.8 Å². The van der Waals surface area contributed by atoms with Crippen molar-refractivity contribution in [3.63, 3.8) is 0 Å². The molecule has 0 amide bonds. The molecular weight excluding hydrogens is 390 g/mol. The summed E-state index contributed by atoms with van der Waals surface area (Å²) in [5, 5.41) is 3.75. The van der Waals surface area contributed by atoms with Crippen molar-refractivity contribution in [2.75, 3.05) is 21.7 Å². The summed E-state index contributed by atoms with van der Waals surface area (Å²) in [6, 6.07) is 7.99. The first-order chi connectivity index (χ1) is 11.6. The number of nitrogens with two attached hydrogens (primary N) is 1. The number of nitrogen functional groups attached to an aromatic ring is 1. The van der Waals surface area contributed by atoms with E-state index < -0.39 is 6.17 Å². The summed E-state index contributed by atoms with van der Waals surface area (Å²) in [6.45, 7) is 2.67. The van der Waals surface area contributed by atoms with Gasteiger partial charge in [-0.25, -0.2) is 9.97 Å². The average Bonchev–Trinajstić information content (AvgIpc) is 2.93. The van der Waals surface area contributed by atoms with Gasteiger partial charge in [0.15, 0.2) is 29.2 Å². The van der Waals surface area contributed by atoms with E-state index in [1.807, 2.05) is 29.2 Å². The van der Waals surface area contributed by atoms with Crippen molar-refractivity contribution >= 4 is 51.3 Å². The first-order valence-corrected chi connectivity index (χ1v) is 9.43. The third-order valence-electron chi connectivity index (χ3n) is 3.63. The van der Waals surface area contributed by atoms with Gasteiger partial charge in [0.2, 0.25) is 0 Å². The quantitative estimate of drug-likeness (QED) is 0.431. The first-order valence-electron chi connectivity index (χ1n) is 7.65. The molecule has 0 aliphatic carbocycles. The summed E-state index contributed by atoms with van der Waals surface area (Å²) in [6.07, 6.45) is 1.40. The lowest BCUT2D eigenvalue weighted by Crippen LogP contribution is -2.36. The van der Waals surface area contributed by atoms with Crippen molar-refractivity contribution in [3.05, 3.63) is 34.3 Å². The summed E-state index contributed by atoms with van der Waals surface area (Å²) in [5.41, 5.74) is 7.77. The minimum absolute atomic E-state index is 0.378. The van der Waals surface area contributed by atoms with E-state index in [2.05, 4.69) is 38.1 Å². The number of aldehydes is 1. The van der Waals surface area contributed by atoms with Crippen LogP contribution in [0.25, 0.3) is 0 Å². The molecule has 8 heteroatoms. The average molecular weight is 408 g/mol. The van der Waals surface area contributed by atoms with Crippen LogP contribution in [0.15, 0.2) is 33.9 Å². The van der Waals surface area contributed by atoms with Crippen molar-refractivity contribution in [1.82, 2.24) is 9.97 Å². The zero-order valence-corrected chi connectivity index (χ0v) is 15.6. The second-order valence-electron chi connectivity index (χ2n) is 5.42. The number of fused-ring (bicyclic) bond motifs is 1. The Balaban J connectivity index is 1.92. The molecule has 3 N–H and O–H groups in total. The van der Waals surface area contributed by atoms with E-state index in [1.165, 1.54) is 0 Å². The molecule has 0 saturated carbocycles. The SMILES string of the molecule is CCCSc1nc(N)c2c(n1)N(Cc1ccc(Br)cc1)C(C=O)N2. The molecule has 3 rings (SSSR count). The Hall–Kier alpha value is -1.80. The van der Waals surface area contributed by atoms with Gasteiger partial charge >= 0.3 is 0 Å². The Labute approximate surface area is 153 Å². The zero-order valence-electron chi connectivity index (χ0n) is 13.2. The number of nitrogens with zero attached hydrogens (tertiary/aromatic N) is 3. The Morgan fingerprint density at radius 2 is 2.12 bits per heavy atom. The van der Waals surface area contributed by atoms with Crippen LogP contribution in [0.1, 0.15) is 18.9 Å². The van der Waals surface area contributed by atoms with Gasteiger partial charge in [0.1, 0.15) is 5.69 Å².